The zero-order chi connectivity index (χ0) is 17.8. The summed E-state index contributed by atoms with van der Waals surface area (Å²) in [5, 5.41) is 8.95. The van der Waals surface area contributed by atoms with Gasteiger partial charge in [-0.25, -0.2) is 14.8 Å². The molecular weight excluding hydrogens is 318 g/mol. The van der Waals surface area contributed by atoms with E-state index in [-0.39, 0.29) is 23.1 Å². The highest BCUT2D eigenvalue weighted by atomic mass is 16.5. The summed E-state index contributed by atoms with van der Waals surface area (Å²) in [7, 11) is 0. The van der Waals surface area contributed by atoms with Gasteiger partial charge in [0.25, 0.3) is 0 Å². The molecule has 1 fully saturated rings. The van der Waals surface area contributed by atoms with E-state index in [0.29, 0.717) is 11.4 Å². The molecule has 4 N–H and O–H groups in total. The Balaban J connectivity index is 1.65. The van der Waals surface area contributed by atoms with Crippen LogP contribution in [0.5, 0.6) is 5.75 Å². The number of benzene rings is 1. The first-order valence-electron chi connectivity index (χ1n) is 8.15. The van der Waals surface area contributed by atoms with E-state index in [1.54, 1.807) is 6.07 Å². The van der Waals surface area contributed by atoms with Crippen LogP contribution in [0.15, 0.2) is 30.6 Å². The van der Waals surface area contributed by atoms with Gasteiger partial charge in [-0.3, -0.25) is 0 Å². The minimum Gasteiger partial charge on any atom is -0.420 e. The molecular formula is C18H19N5O2. The van der Waals surface area contributed by atoms with Gasteiger partial charge in [0.05, 0.1) is 24.0 Å². The second kappa shape index (κ2) is 7.18. The highest BCUT2D eigenvalue weighted by molar-refractivity contribution is 5.93. The summed E-state index contributed by atoms with van der Waals surface area (Å²) in [5.74, 6) is 0.819. The Kier molecular flexibility index (Phi) is 4.80. The fourth-order valence-electron chi connectivity index (χ4n) is 3.03. The molecule has 1 saturated carbocycles. The number of hydrogen-bond acceptors (Lipinski definition) is 7. The molecule has 0 bridgehead atoms. The lowest BCUT2D eigenvalue weighted by Gasteiger charge is -2.23. The topological polar surface area (TPSA) is 128 Å². The van der Waals surface area contributed by atoms with Gasteiger partial charge in [-0.2, -0.15) is 5.26 Å². The molecule has 0 amide bonds. The second-order valence-electron chi connectivity index (χ2n) is 6.23. The molecule has 1 aliphatic carbocycles. The summed E-state index contributed by atoms with van der Waals surface area (Å²) >= 11 is 0. The van der Waals surface area contributed by atoms with E-state index in [1.165, 1.54) is 24.5 Å². The molecule has 0 atom stereocenters. The molecule has 1 aromatic carbocycles. The first-order valence-corrected chi connectivity index (χ1v) is 8.15. The number of nitrogens with two attached hydrogens (primary N) is 2. The van der Waals surface area contributed by atoms with Crippen molar-refractivity contribution >= 4 is 17.3 Å². The molecule has 2 aromatic rings. The van der Waals surface area contributed by atoms with Gasteiger partial charge in [0.2, 0.25) is 0 Å². The molecule has 0 spiro atoms. The van der Waals surface area contributed by atoms with Crippen LogP contribution in [0.2, 0.25) is 0 Å². The Morgan fingerprint density at radius 2 is 1.68 bits per heavy atom. The van der Waals surface area contributed by atoms with Crippen molar-refractivity contribution in [3.8, 4) is 11.8 Å². The minimum absolute atomic E-state index is 0.141. The summed E-state index contributed by atoms with van der Waals surface area (Å²) in [6.07, 6.45) is 6.54. The largest absolute Gasteiger partial charge is 0.420 e. The Bertz CT molecular complexity index is 785. The van der Waals surface area contributed by atoms with Crippen LogP contribution >= 0.6 is 0 Å². The number of carbonyl (C=O) groups is 1. The summed E-state index contributed by atoms with van der Waals surface area (Å²) in [5.41, 5.74) is 12.4. The molecule has 0 radical (unpaired) electrons. The first kappa shape index (κ1) is 16.7. The van der Waals surface area contributed by atoms with Crippen molar-refractivity contribution in [2.45, 2.75) is 31.6 Å². The third-order valence-electron chi connectivity index (χ3n) is 4.35. The molecule has 128 valence electrons. The molecule has 25 heavy (non-hydrogen) atoms. The standard InChI is InChI=1S/C18H19N5O2/c19-8-11-1-3-12(4-2-11)17-22-9-16(10-23-17)25-18(24)13-5-14(20)7-15(21)6-13/h5-7,9-12H,1-4,20-21H2. The van der Waals surface area contributed by atoms with Crippen LogP contribution in [0.25, 0.3) is 0 Å². The minimum atomic E-state index is -0.565. The lowest BCUT2D eigenvalue weighted by Crippen LogP contribution is -2.15. The maximum absolute atomic E-state index is 12.2. The van der Waals surface area contributed by atoms with Gasteiger partial charge >= 0.3 is 5.97 Å². The van der Waals surface area contributed by atoms with E-state index in [0.717, 1.165) is 31.5 Å². The number of nitrogen functional groups attached to an aromatic ring is 2. The van der Waals surface area contributed by atoms with Gasteiger partial charge in [0.15, 0.2) is 5.75 Å². The van der Waals surface area contributed by atoms with E-state index in [9.17, 15) is 4.79 Å². The molecule has 7 nitrogen and oxygen atoms in total. The van der Waals surface area contributed by atoms with Gasteiger partial charge in [-0.1, -0.05) is 0 Å². The van der Waals surface area contributed by atoms with Crippen LogP contribution in [0.3, 0.4) is 0 Å². The van der Waals surface area contributed by atoms with Crippen LogP contribution in [-0.4, -0.2) is 15.9 Å². The van der Waals surface area contributed by atoms with Crippen molar-refractivity contribution in [2.75, 3.05) is 11.5 Å². The van der Waals surface area contributed by atoms with E-state index < -0.39 is 5.97 Å². The quantitative estimate of drug-likeness (QED) is 0.650. The van der Waals surface area contributed by atoms with E-state index in [4.69, 9.17) is 21.5 Å². The number of nitrogens with zero attached hydrogens (tertiary/aromatic N) is 3. The normalized spacial score (nSPS) is 19.8. The highest BCUT2D eigenvalue weighted by Gasteiger charge is 2.24. The monoisotopic (exact) mass is 337 g/mol. The number of esters is 1. The van der Waals surface area contributed by atoms with Gasteiger partial charge in [0.1, 0.15) is 5.82 Å². The maximum Gasteiger partial charge on any atom is 0.343 e. The predicted octanol–water partition coefficient (Wildman–Crippen LogP) is 2.66. The Morgan fingerprint density at radius 1 is 1.08 bits per heavy atom. The van der Waals surface area contributed by atoms with Crippen molar-refractivity contribution in [3.05, 3.63) is 42.0 Å². The molecule has 0 aliphatic heterocycles. The first-order chi connectivity index (χ1) is 12.0. The second-order valence-corrected chi connectivity index (χ2v) is 6.23. The maximum atomic E-state index is 12.2. The van der Waals surface area contributed by atoms with Crippen molar-refractivity contribution in [1.82, 2.24) is 9.97 Å². The van der Waals surface area contributed by atoms with Gasteiger partial charge in [-0.15, -0.1) is 0 Å². The number of aromatic nitrogens is 2. The fourth-order valence-corrected chi connectivity index (χ4v) is 3.03. The van der Waals surface area contributed by atoms with Gasteiger partial charge in [0, 0.05) is 23.2 Å². The number of hydrogen-bond donors (Lipinski definition) is 2. The number of carbonyl (C=O) groups excluding carboxylic acids is 1. The smallest absolute Gasteiger partial charge is 0.343 e. The van der Waals surface area contributed by atoms with E-state index >= 15 is 0 Å². The van der Waals surface area contributed by atoms with Crippen molar-refractivity contribution in [1.29, 1.82) is 5.26 Å². The van der Waals surface area contributed by atoms with Crippen molar-refractivity contribution in [2.24, 2.45) is 5.92 Å². The zero-order valence-electron chi connectivity index (χ0n) is 13.7. The average Bonchev–Trinajstić information content (AvgIpc) is 2.61. The van der Waals surface area contributed by atoms with E-state index in [1.807, 2.05) is 0 Å². The summed E-state index contributed by atoms with van der Waals surface area (Å²) in [6.45, 7) is 0. The Labute approximate surface area is 145 Å². The third kappa shape index (κ3) is 4.04. The Hall–Kier alpha value is -3.14. The van der Waals surface area contributed by atoms with Crippen molar-refractivity contribution < 1.29 is 9.53 Å². The third-order valence-corrected chi connectivity index (χ3v) is 4.35. The lowest BCUT2D eigenvalue weighted by atomic mass is 9.82. The number of rotatable bonds is 3. The van der Waals surface area contributed by atoms with Crippen LogP contribution in [0.1, 0.15) is 47.8 Å². The molecule has 1 aliphatic rings. The summed E-state index contributed by atoms with van der Waals surface area (Å²) in [6, 6.07) is 6.88. The number of ether oxygens (including phenoxy) is 1. The zero-order valence-corrected chi connectivity index (χ0v) is 13.7. The van der Waals surface area contributed by atoms with Crippen molar-refractivity contribution in [3.63, 3.8) is 0 Å². The molecule has 1 heterocycles. The number of nitriles is 1. The molecule has 0 saturated heterocycles. The molecule has 7 heteroatoms. The molecule has 1 aromatic heterocycles. The molecule has 0 unspecified atom stereocenters. The lowest BCUT2D eigenvalue weighted by molar-refractivity contribution is 0.0733. The summed E-state index contributed by atoms with van der Waals surface area (Å²) < 4.78 is 5.27. The predicted molar refractivity (Wildman–Crippen MR) is 92.6 cm³/mol. The fraction of sp³-hybridized carbons (Fsp3) is 0.333. The van der Waals surface area contributed by atoms with Crippen LogP contribution in [0.4, 0.5) is 11.4 Å². The van der Waals surface area contributed by atoms with Gasteiger partial charge in [-0.05, 0) is 43.9 Å². The SMILES string of the molecule is N#CC1CCC(c2ncc(OC(=O)c3cc(N)cc(N)c3)cn2)CC1. The highest BCUT2D eigenvalue weighted by Crippen LogP contribution is 2.34. The molecule has 3 rings (SSSR count). The van der Waals surface area contributed by atoms with Crippen LogP contribution < -0.4 is 16.2 Å². The van der Waals surface area contributed by atoms with Crippen LogP contribution in [0, 0.1) is 17.2 Å². The average molecular weight is 337 g/mol. The Morgan fingerprint density at radius 3 is 2.24 bits per heavy atom. The van der Waals surface area contributed by atoms with Crippen LogP contribution in [-0.2, 0) is 0 Å². The van der Waals surface area contributed by atoms with E-state index in [2.05, 4.69) is 16.0 Å². The number of anilines is 2. The van der Waals surface area contributed by atoms with Gasteiger partial charge < -0.3 is 16.2 Å². The summed E-state index contributed by atoms with van der Waals surface area (Å²) in [4.78, 5) is 20.8.